The van der Waals surface area contributed by atoms with E-state index in [-0.39, 0.29) is 16.8 Å². The number of rotatable bonds is 3. The van der Waals surface area contributed by atoms with Crippen LogP contribution < -0.4 is 9.64 Å². The Hall–Kier alpha value is -2.65. The maximum absolute atomic E-state index is 13.5. The van der Waals surface area contributed by atoms with Crippen molar-refractivity contribution in [2.24, 2.45) is 0 Å². The molecule has 3 heterocycles. The van der Waals surface area contributed by atoms with Crippen LogP contribution in [0.5, 0.6) is 5.75 Å². The first-order chi connectivity index (χ1) is 14.1. The van der Waals surface area contributed by atoms with E-state index in [0.29, 0.717) is 40.4 Å². The molecule has 1 atom stereocenters. The Kier molecular flexibility index (Phi) is 5.19. The maximum atomic E-state index is 13.5. The van der Waals surface area contributed by atoms with Gasteiger partial charge in [-0.25, -0.2) is 4.98 Å². The Morgan fingerprint density at radius 3 is 2.70 bits per heavy atom. The lowest BCUT2D eigenvalue weighted by Crippen LogP contribution is -2.47. The van der Waals surface area contributed by atoms with E-state index < -0.39 is 11.9 Å². The monoisotopic (exact) mass is 435 g/mol. The van der Waals surface area contributed by atoms with Crippen molar-refractivity contribution in [1.82, 2.24) is 9.88 Å². The summed E-state index contributed by atoms with van der Waals surface area (Å²) in [4.78, 5) is 21.4. The topological polar surface area (TPSA) is 45.7 Å². The third kappa shape index (κ3) is 3.75. The van der Waals surface area contributed by atoms with Crippen molar-refractivity contribution in [3.63, 3.8) is 0 Å². The number of benzene rings is 1. The van der Waals surface area contributed by atoms with Gasteiger partial charge in [0, 0.05) is 11.9 Å². The predicted octanol–water partition coefficient (Wildman–Crippen LogP) is 4.59. The number of aromatic nitrogens is 1. The largest absolute Gasteiger partial charge is 0.485 e. The average molecular weight is 435 g/mol. The van der Waals surface area contributed by atoms with Gasteiger partial charge in [0.15, 0.2) is 0 Å². The van der Waals surface area contributed by atoms with Crippen molar-refractivity contribution in [2.45, 2.75) is 19.2 Å². The fraction of sp³-hybridized carbons (Fsp3) is 0.333. The van der Waals surface area contributed by atoms with Gasteiger partial charge in [-0.05, 0) is 50.8 Å². The molecule has 1 aliphatic heterocycles. The number of para-hydroxylation sites is 2. The van der Waals surface area contributed by atoms with Crippen LogP contribution in [0.2, 0.25) is 0 Å². The van der Waals surface area contributed by atoms with Gasteiger partial charge in [-0.2, -0.15) is 13.2 Å². The van der Waals surface area contributed by atoms with Gasteiger partial charge in [0.25, 0.3) is 5.91 Å². The number of hydrogen-bond acceptors (Lipinski definition) is 5. The molecule has 0 bridgehead atoms. The SMILES string of the molecule is Cc1c(C(=O)N2CC(CN(C)C)Oc3ccccc32)sc2nc(C(F)(F)F)ccc12. The summed E-state index contributed by atoms with van der Waals surface area (Å²) in [7, 11) is 3.85. The number of hydrogen-bond donors (Lipinski definition) is 0. The summed E-state index contributed by atoms with van der Waals surface area (Å²) in [6, 6.07) is 9.62. The summed E-state index contributed by atoms with van der Waals surface area (Å²) in [5.74, 6) is 0.351. The Bertz CT molecular complexity index is 1110. The third-order valence-corrected chi connectivity index (χ3v) is 6.13. The van der Waals surface area contributed by atoms with E-state index in [1.54, 1.807) is 11.8 Å². The zero-order valence-corrected chi connectivity index (χ0v) is 17.5. The summed E-state index contributed by atoms with van der Waals surface area (Å²) in [6.45, 7) is 2.72. The summed E-state index contributed by atoms with van der Waals surface area (Å²) < 4.78 is 45.1. The minimum Gasteiger partial charge on any atom is -0.485 e. The summed E-state index contributed by atoms with van der Waals surface area (Å²) in [5.41, 5.74) is 0.325. The number of carbonyl (C=O) groups is 1. The first-order valence-electron chi connectivity index (χ1n) is 9.34. The van der Waals surface area contributed by atoms with Crippen LogP contribution in [0, 0.1) is 6.92 Å². The second-order valence-corrected chi connectivity index (χ2v) is 8.49. The number of nitrogens with zero attached hydrogens (tertiary/aromatic N) is 3. The number of carbonyl (C=O) groups excluding carboxylic acids is 1. The molecule has 5 nitrogen and oxygen atoms in total. The van der Waals surface area contributed by atoms with Gasteiger partial charge < -0.3 is 14.5 Å². The highest BCUT2D eigenvalue weighted by molar-refractivity contribution is 7.20. The molecule has 0 fully saturated rings. The lowest BCUT2D eigenvalue weighted by atomic mass is 10.1. The first-order valence-corrected chi connectivity index (χ1v) is 10.2. The average Bonchev–Trinajstić information content (AvgIpc) is 3.02. The first kappa shape index (κ1) is 20.6. The molecule has 0 radical (unpaired) electrons. The number of ether oxygens (including phenoxy) is 1. The zero-order chi connectivity index (χ0) is 21.6. The maximum Gasteiger partial charge on any atom is 0.433 e. The predicted molar refractivity (Wildman–Crippen MR) is 110 cm³/mol. The molecule has 1 aromatic carbocycles. The van der Waals surface area contributed by atoms with Gasteiger partial charge in [-0.15, -0.1) is 11.3 Å². The number of alkyl halides is 3. The number of thiophene rings is 1. The molecular formula is C21H20F3N3O2S. The van der Waals surface area contributed by atoms with E-state index in [1.165, 1.54) is 6.07 Å². The van der Waals surface area contributed by atoms with Crippen LogP contribution in [0.3, 0.4) is 0 Å². The third-order valence-electron chi connectivity index (χ3n) is 4.94. The number of pyridine rings is 1. The number of fused-ring (bicyclic) bond motifs is 2. The van der Waals surface area contributed by atoms with Gasteiger partial charge in [0.2, 0.25) is 0 Å². The van der Waals surface area contributed by atoms with Crippen molar-refractivity contribution >= 4 is 33.1 Å². The lowest BCUT2D eigenvalue weighted by molar-refractivity contribution is -0.140. The van der Waals surface area contributed by atoms with Crippen LogP contribution >= 0.6 is 11.3 Å². The highest BCUT2D eigenvalue weighted by Crippen LogP contribution is 2.38. The number of anilines is 1. The molecule has 30 heavy (non-hydrogen) atoms. The van der Waals surface area contributed by atoms with E-state index in [9.17, 15) is 18.0 Å². The molecule has 3 aromatic rings. The van der Waals surface area contributed by atoms with Crippen molar-refractivity contribution in [3.8, 4) is 5.75 Å². The molecule has 9 heteroatoms. The molecule has 0 spiro atoms. The summed E-state index contributed by atoms with van der Waals surface area (Å²) in [6.07, 6.45) is -4.75. The fourth-order valence-corrected chi connectivity index (χ4v) is 4.71. The molecule has 0 saturated heterocycles. The molecule has 4 rings (SSSR count). The normalized spacial score (nSPS) is 16.6. The van der Waals surface area contributed by atoms with Crippen LogP contribution in [-0.2, 0) is 6.18 Å². The van der Waals surface area contributed by atoms with Crippen molar-refractivity contribution in [2.75, 3.05) is 32.1 Å². The van der Waals surface area contributed by atoms with Gasteiger partial charge in [-0.1, -0.05) is 12.1 Å². The van der Waals surface area contributed by atoms with Crippen molar-refractivity contribution in [3.05, 3.63) is 52.5 Å². The Morgan fingerprint density at radius 1 is 1.27 bits per heavy atom. The Balaban J connectivity index is 1.74. The molecule has 1 unspecified atom stereocenters. The van der Waals surface area contributed by atoms with Gasteiger partial charge in [-0.3, -0.25) is 4.79 Å². The van der Waals surface area contributed by atoms with Crippen molar-refractivity contribution < 1.29 is 22.7 Å². The number of halogens is 3. The minimum absolute atomic E-state index is 0.206. The molecule has 0 saturated carbocycles. The minimum atomic E-state index is -4.53. The van der Waals surface area contributed by atoms with E-state index in [0.717, 1.165) is 17.4 Å². The highest BCUT2D eigenvalue weighted by atomic mass is 32.1. The van der Waals surface area contributed by atoms with Crippen LogP contribution in [0.15, 0.2) is 36.4 Å². The molecule has 2 aromatic heterocycles. The zero-order valence-electron chi connectivity index (χ0n) is 16.7. The summed E-state index contributed by atoms with van der Waals surface area (Å²) in [5, 5.41) is 0.558. The highest BCUT2D eigenvalue weighted by Gasteiger charge is 2.35. The number of aryl methyl sites for hydroxylation is 1. The van der Waals surface area contributed by atoms with E-state index >= 15 is 0 Å². The smallest absolute Gasteiger partial charge is 0.433 e. The Morgan fingerprint density at radius 2 is 2.00 bits per heavy atom. The number of likely N-dealkylation sites (N-methyl/N-ethyl adjacent to an activating group) is 1. The van der Waals surface area contributed by atoms with E-state index in [2.05, 4.69) is 4.98 Å². The quantitative estimate of drug-likeness (QED) is 0.604. The van der Waals surface area contributed by atoms with E-state index in [4.69, 9.17) is 4.74 Å². The van der Waals surface area contributed by atoms with Crippen LogP contribution in [0.1, 0.15) is 20.9 Å². The standard InChI is InChI=1S/C21H20F3N3O2S/c1-12-14-8-9-17(21(22,23)24)25-19(14)30-18(12)20(28)27-11-13(10-26(2)3)29-16-7-5-4-6-15(16)27/h4-9,13H,10-11H2,1-3H3. The fourth-order valence-electron chi connectivity index (χ4n) is 3.58. The van der Waals surface area contributed by atoms with Gasteiger partial charge >= 0.3 is 6.18 Å². The van der Waals surface area contributed by atoms with Crippen LogP contribution in [0.25, 0.3) is 10.2 Å². The van der Waals surface area contributed by atoms with Crippen LogP contribution in [0.4, 0.5) is 18.9 Å². The second kappa shape index (κ2) is 7.55. The lowest BCUT2D eigenvalue weighted by Gasteiger charge is -2.35. The van der Waals surface area contributed by atoms with Gasteiger partial charge in [0.1, 0.15) is 22.4 Å². The molecule has 158 valence electrons. The second-order valence-electron chi connectivity index (χ2n) is 7.49. The molecule has 1 amide bonds. The van der Waals surface area contributed by atoms with Crippen molar-refractivity contribution in [1.29, 1.82) is 0 Å². The Labute approximate surface area is 175 Å². The summed E-state index contributed by atoms with van der Waals surface area (Å²) >= 11 is 0.992. The van der Waals surface area contributed by atoms with Crippen LogP contribution in [-0.4, -0.2) is 49.1 Å². The van der Waals surface area contributed by atoms with Gasteiger partial charge in [0.05, 0.1) is 17.1 Å². The molecule has 0 aliphatic carbocycles. The molecule has 1 aliphatic rings. The molecule has 0 N–H and O–H groups in total. The van der Waals surface area contributed by atoms with E-state index in [1.807, 2.05) is 43.3 Å². The molecular weight excluding hydrogens is 415 g/mol. The number of amides is 1.